The Kier molecular flexibility index (Phi) is 16.0. The average molecular weight is 216 g/mol. The fourth-order valence-electron chi connectivity index (χ4n) is 0.175. The summed E-state index contributed by atoms with van der Waals surface area (Å²) in [6.45, 7) is 2.56. The smallest absolute Gasteiger partial charge is 0.503 e. The van der Waals surface area contributed by atoms with Crippen molar-refractivity contribution in [2.75, 3.05) is 0 Å². The van der Waals surface area contributed by atoms with Crippen molar-refractivity contribution in [3.8, 4) is 0 Å². The van der Waals surface area contributed by atoms with Gasteiger partial charge in [0.25, 0.3) is 5.97 Å². The number of carbonyl (C=O) groups is 3. The summed E-state index contributed by atoms with van der Waals surface area (Å²) < 4.78 is 0. The van der Waals surface area contributed by atoms with E-state index in [9.17, 15) is 9.59 Å². The van der Waals surface area contributed by atoms with Gasteiger partial charge in [0.05, 0.1) is 0 Å². The fourth-order valence-corrected chi connectivity index (χ4v) is 0.175. The molecule has 0 aromatic heterocycles. The molecule has 7 heteroatoms. The molecule has 0 fully saturated rings. The molecule has 0 bridgehead atoms. The second kappa shape index (κ2) is 11.4. The Morgan fingerprint density at radius 1 is 1.15 bits per heavy atom. The van der Waals surface area contributed by atoms with Gasteiger partial charge in [0.1, 0.15) is 0 Å². The summed E-state index contributed by atoms with van der Waals surface area (Å²) in [6, 6.07) is 0. The quantitative estimate of drug-likeness (QED) is 0.423. The summed E-state index contributed by atoms with van der Waals surface area (Å²) in [7, 11) is 0. The van der Waals surface area contributed by atoms with Crippen molar-refractivity contribution < 1.29 is 29.7 Å². The molecule has 13 heavy (non-hydrogen) atoms. The molecule has 0 aliphatic rings. The normalized spacial score (nSPS) is 6.77. The molecule has 0 aliphatic carbocycles. The van der Waals surface area contributed by atoms with E-state index >= 15 is 0 Å². The van der Waals surface area contributed by atoms with Crippen LogP contribution in [0.15, 0.2) is 0 Å². The molecule has 0 aromatic rings. The van der Waals surface area contributed by atoms with Crippen LogP contribution in [0.2, 0.25) is 0 Å². The molecule has 0 spiro atoms. The zero-order valence-electron chi connectivity index (χ0n) is 6.77. The van der Waals surface area contributed by atoms with Crippen LogP contribution in [-0.4, -0.2) is 71.0 Å². The van der Waals surface area contributed by atoms with Gasteiger partial charge in [-0.2, -0.15) is 0 Å². The van der Waals surface area contributed by atoms with Gasteiger partial charge < -0.3 is 15.3 Å². The third kappa shape index (κ3) is 52.0. The molecule has 0 unspecified atom stereocenters. The number of carboxylic acid groups (broad SMARTS) is 3. The van der Waals surface area contributed by atoms with Gasteiger partial charge in [-0.25, -0.2) is 0 Å². The summed E-state index contributed by atoms with van der Waals surface area (Å²) >= 11 is 0. The first-order valence-electron chi connectivity index (χ1n) is 2.69. The largest absolute Gasteiger partial charge is 2.00 e. The molecule has 0 amide bonds. The Balaban J connectivity index is -0.000000173. The van der Waals surface area contributed by atoms with Gasteiger partial charge in [-0.15, -0.1) is 0 Å². The Labute approximate surface area is 105 Å². The van der Waals surface area contributed by atoms with Crippen LogP contribution in [0, 0.1) is 13.3 Å². The Morgan fingerprint density at radius 2 is 1.46 bits per heavy atom. The zero-order valence-corrected chi connectivity index (χ0v) is 8.97. The summed E-state index contributed by atoms with van der Waals surface area (Å²) in [5.41, 5.74) is 0. The van der Waals surface area contributed by atoms with E-state index in [1.807, 2.05) is 0 Å². The van der Waals surface area contributed by atoms with E-state index in [1.54, 1.807) is 0 Å². The average Bonchev–Trinajstić information content (AvgIpc) is 1.82. The molecule has 0 heterocycles. The van der Waals surface area contributed by atoms with Gasteiger partial charge >= 0.3 is 37.7 Å². The van der Waals surface area contributed by atoms with Crippen molar-refractivity contribution in [3.05, 3.63) is 13.3 Å². The van der Waals surface area contributed by atoms with Crippen LogP contribution in [0.3, 0.4) is 0 Å². The molecule has 6 nitrogen and oxygen atoms in total. The second-order valence-corrected chi connectivity index (χ2v) is 1.53. The van der Waals surface area contributed by atoms with Crippen molar-refractivity contribution in [1.82, 2.24) is 0 Å². The van der Waals surface area contributed by atoms with Crippen LogP contribution in [0.4, 0.5) is 0 Å². The predicted octanol–water partition coefficient (Wildman–Crippen LogP) is -0.726. The number of rotatable bonds is 3. The Bertz CT molecular complexity index is 160. The molecule has 0 saturated heterocycles. The van der Waals surface area contributed by atoms with Crippen LogP contribution < -0.4 is 0 Å². The first-order chi connectivity index (χ1) is 5.36. The Morgan fingerprint density at radius 3 is 1.54 bits per heavy atom. The Hall–Kier alpha value is -0.590. The van der Waals surface area contributed by atoms with Crippen molar-refractivity contribution in [2.45, 2.75) is 6.42 Å². The van der Waals surface area contributed by atoms with Gasteiger partial charge in [0, 0.05) is 0 Å². The molecular weight excluding hydrogens is 208 g/mol. The van der Waals surface area contributed by atoms with Crippen LogP contribution >= 0.6 is 0 Å². The van der Waals surface area contributed by atoms with Crippen molar-refractivity contribution in [1.29, 1.82) is 0 Å². The molecule has 0 radical (unpaired) electrons. The van der Waals surface area contributed by atoms with Gasteiger partial charge in [-0.05, 0) is 0 Å². The molecular formula is C6H8CaO6. The number of hydrogen-bond donors (Lipinski definition) is 3. The van der Waals surface area contributed by atoms with E-state index in [0.29, 0.717) is 6.42 Å². The maximum Gasteiger partial charge on any atom is 2.00 e. The van der Waals surface area contributed by atoms with Crippen molar-refractivity contribution in [2.24, 2.45) is 0 Å². The molecule has 0 saturated carbocycles. The predicted molar refractivity (Wildman–Crippen MR) is 42.9 cm³/mol. The van der Waals surface area contributed by atoms with Crippen LogP contribution in [0.5, 0.6) is 0 Å². The summed E-state index contributed by atoms with van der Waals surface area (Å²) in [5.74, 6) is -3.42. The van der Waals surface area contributed by atoms with Crippen molar-refractivity contribution in [3.63, 3.8) is 0 Å². The van der Waals surface area contributed by atoms with Gasteiger partial charge in [0.2, 0.25) is 0 Å². The van der Waals surface area contributed by atoms with E-state index in [4.69, 9.17) is 20.1 Å². The van der Waals surface area contributed by atoms with E-state index in [0.717, 1.165) is 0 Å². The maximum absolute atomic E-state index is 9.61. The molecule has 0 aliphatic heterocycles. The van der Waals surface area contributed by atoms with Gasteiger partial charge in [-0.1, -0.05) is 6.42 Å². The first kappa shape index (κ1) is 18.2. The monoisotopic (exact) mass is 216 g/mol. The van der Waals surface area contributed by atoms with E-state index in [1.165, 1.54) is 0 Å². The van der Waals surface area contributed by atoms with E-state index in [2.05, 4.69) is 6.92 Å². The van der Waals surface area contributed by atoms with Gasteiger partial charge in [-0.3, -0.25) is 27.7 Å². The minimum atomic E-state index is -1.20. The van der Waals surface area contributed by atoms with Crippen molar-refractivity contribution >= 4 is 55.6 Å². The molecule has 0 atom stereocenters. The second-order valence-electron chi connectivity index (χ2n) is 1.53. The summed E-state index contributed by atoms with van der Waals surface area (Å²) in [6.07, 6.45) is 0.262. The maximum atomic E-state index is 9.61. The third-order valence-electron chi connectivity index (χ3n) is 0.451. The third-order valence-corrected chi connectivity index (χ3v) is 0.451. The van der Waals surface area contributed by atoms with Crippen LogP contribution in [0.25, 0.3) is 0 Å². The number of carboxylic acids is 3. The molecule has 70 valence electrons. The minimum absolute atomic E-state index is 0. The summed E-state index contributed by atoms with van der Waals surface area (Å²) in [4.78, 5) is 28.1. The zero-order chi connectivity index (χ0) is 10.1. The van der Waals surface area contributed by atoms with Crippen LogP contribution in [0.1, 0.15) is 6.42 Å². The summed E-state index contributed by atoms with van der Waals surface area (Å²) in [5, 5.41) is 23.0. The van der Waals surface area contributed by atoms with E-state index < -0.39 is 24.3 Å². The van der Waals surface area contributed by atoms with Gasteiger partial charge in [0.15, 0.2) is 11.9 Å². The van der Waals surface area contributed by atoms with E-state index in [-0.39, 0.29) is 37.7 Å². The SMILES string of the molecule is O=C(O)[CH-]CC(=O)O.[CH2-]C(=O)O.[Ca+2]. The van der Waals surface area contributed by atoms with Crippen LogP contribution in [-0.2, 0) is 14.4 Å². The minimum Gasteiger partial charge on any atom is -0.503 e. The first-order valence-corrected chi connectivity index (χ1v) is 2.69. The standard InChI is InChI=1S/C4H5O4.C2H3O2.Ca/c5-3(6)1-2-4(7)8;1-2(3)4;/h1H,2H2,(H,5,6)(H,7,8);1H2,(H,3,4);/q2*-1;+2. The molecule has 0 rings (SSSR count). The fraction of sp³-hybridized carbons (Fsp3) is 0.167. The molecule has 0 aromatic carbocycles. The molecule has 3 N–H and O–H groups in total. The number of hydrogen-bond acceptors (Lipinski definition) is 3. The topological polar surface area (TPSA) is 112 Å². The number of aliphatic carboxylic acids is 3.